The molecule has 0 saturated heterocycles. The van der Waals surface area contributed by atoms with Crippen molar-refractivity contribution < 1.29 is 31.1 Å². The van der Waals surface area contributed by atoms with E-state index in [-0.39, 0.29) is 11.5 Å². The molecule has 227 valence electrons. The van der Waals surface area contributed by atoms with Crippen LogP contribution < -0.4 is 10.2 Å². The molecular formula is C38H41Br2O2SiZr. The number of allylic oxidation sites excluding steroid dienone is 2. The van der Waals surface area contributed by atoms with Crippen molar-refractivity contribution in [2.24, 2.45) is 0 Å². The van der Waals surface area contributed by atoms with Crippen LogP contribution in [0.3, 0.4) is 0 Å². The Morgan fingerprint density at radius 2 is 0.886 bits per heavy atom. The Hall–Kier alpha value is -1.98. The second kappa shape index (κ2) is 15.1. The first-order valence-electron chi connectivity index (χ1n) is 15.1. The van der Waals surface area contributed by atoms with Crippen LogP contribution in [0.2, 0.25) is 13.1 Å². The number of fused-ring (bicyclic) bond motifs is 2. The van der Waals surface area contributed by atoms with E-state index in [1.165, 1.54) is 11.1 Å². The summed E-state index contributed by atoms with van der Waals surface area (Å²) in [5.41, 5.74) is 12.7. The molecule has 0 bridgehead atoms. The predicted molar refractivity (Wildman–Crippen MR) is 191 cm³/mol. The van der Waals surface area contributed by atoms with Gasteiger partial charge in [0.15, 0.2) is 0 Å². The van der Waals surface area contributed by atoms with Gasteiger partial charge in [-0.15, -0.1) is 11.5 Å². The summed E-state index contributed by atoms with van der Waals surface area (Å²) in [7, 11) is 0. The zero-order chi connectivity index (χ0) is 32.3. The molecule has 0 aromatic heterocycles. The molecule has 0 radical (unpaired) electrons. The molecule has 0 amide bonds. The molecule has 2 nitrogen and oxygen atoms in total. The molecule has 6 heteroatoms. The van der Waals surface area contributed by atoms with Gasteiger partial charge < -0.3 is 10.2 Å². The van der Waals surface area contributed by atoms with Crippen molar-refractivity contribution in [3.05, 3.63) is 137 Å². The standard InChI is InChI=1S/2C10H9.2C8H9BrO.C2H7Si.Zr/c2*1-8-6-9-4-2-3-5-10(9)7-8;2*1-5-3-7(9)4-6(2)8(5)10;1-3-2;/h2*2-7H,1H3;2*3-4,10H,1-2H3;3H,1-2H3;/q;;;;;+2/p-2. The SMILES string of the molecule is CC1=Cc2ccccc2[CH]1[Zr+2]([CH]1C(C)=Cc2ccccc21)[SiH](C)C.Cc1cc(Br)cc(C)c1[O-].Cc1cc(Br)cc(C)c1[O-]. The molecule has 2 atom stereocenters. The summed E-state index contributed by atoms with van der Waals surface area (Å²) in [5, 5.41) is 22.2. The van der Waals surface area contributed by atoms with Gasteiger partial charge in [-0.05, 0) is 52.0 Å². The molecule has 0 fully saturated rings. The zero-order valence-corrected chi connectivity index (χ0v) is 33.7. The maximum absolute atomic E-state index is 11.1. The first kappa shape index (κ1) is 34.9. The molecule has 0 aliphatic heterocycles. The minimum atomic E-state index is -1.72. The monoisotopic (exact) mass is 805 g/mol. The summed E-state index contributed by atoms with van der Waals surface area (Å²) >= 11 is 4.89. The van der Waals surface area contributed by atoms with E-state index >= 15 is 0 Å². The second-order valence-corrected chi connectivity index (χ2v) is 34.2. The Kier molecular flexibility index (Phi) is 12.0. The van der Waals surface area contributed by atoms with Crippen molar-refractivity contribution in [3.63, 3.8) is 0 Å². The summed E-state index contributed by atoms with van der Waals surface area (Å²) in [6, 6.07) is 25.6. The smallest absolute Gasteiger partial charge is 0.0180 e. The van der Waals surface area contributed by atoms with Gasteiger partial charge in [-0.3, -0.25) is 0 Å². The van der Waals surface area contributed by atoms with E-state index < -0.39 is 26.8 Å². The van der Waals surface area contributed by atoms with E-state index in [4.69, 9.17) is 0 Å². The van der Waals surface area contributed by atoms with E-state index in [1.54, 1.807) is 22.3 Å². The molecule has 6 rings (SSSR count). The Morgan fingerprint density at radius 3 is 1.20 bits per heavy atom. The molecular weight excluding hydrogens is 768 g/mol. The Bertz CT molecular complexity index is 1560. The van der Waals surface area contributed by atoms with Crippen molar-refractivity contribution in [2.75, 3.05) is 0 Å². The minimum absolute atomic E-state index is 0.142. The Morgan fingerprint density at radius 1 is 0.568 bits per heavy atom. The van der Waals surface area contributed by atoms with Gasteiger partial charge in [0.05, 0.1) is 0 Å². The van der Waals surface area contributed by atoms with Crippen LogP contribution in [0.5, 0.6) is 11.5 Å². The maximum atomic E-state index is 11.1. The summed E-state index contributed by atoms with van der Waals surface area (Å²) in [6.07, 6.45) is 4.94. The molecule has 0 spiro atoms. The summed E-state index contributed by atoms with van der Waals surface area (Å²) in [5.74, 6) is -0.388. The fourth-order valence-electron chi connectivity index (χ4n) is 6.47. The largest absolute Gasteiger partial charge is 0.872 e. The number of hydrogen-bond donors (Lipinski definition) is 0. The topological polar surface area (TPSA) is 46.1 Å². The third kappa shape index (κ3) is 7.86. The van der Waals surface area contributed by atoms with Crippen LogP contribution in [0.15, 0.2) is 92.9 Å². The fourth-order valence-corrected chi connectivity index (χ4v) is 31.1. The van der Waals surface area contributed by atoms with Crippen LogP contribution in [0.1, 0.15) is 65.6 Å². The van der Waals surface area contributed by atoms with E-state index in [1.807, 2.05) is 52.0 Å². The van der Waals surface area contributed by atoms with Gasteiger partial charge in [0.1, 0.15) is 0 Å². The molecule has 4 aromatic rings. The third-order valence-corrected chi connectivity index (χ3v) is 31.5. The van der Waals surface area contributed by atoms with Gasteiger partial charge in [0.25, 0.3) is 0 Å². The van der Waals surface area contributed by atoms with Gasteiger partial charge in [-0.2, -0.15) is 0 Å². The van der Waals surface area contributed by atoms with Gasteiger partial charge in [-0.25, -0.2) is 0 Å². The number of hydrogen-bond acceptors (Lipinski definition) is 2. The van der Waals surface area contributed by atoms with Crippen LogP contribution in [-0.2, 0) is 20.9 Å². The molecule has 2 aliphatic carbocycles. The van der Waals surface area contributed by atoms with Gasteiger partial charge in [0, 0.05) is 8.95 Å². The van der Waals surface area contributed by atoms with Crippen molar-refractivity contribution >= 4 is 49.9 Å². The first-order valence-corrected chi connectivity index (χ1v) is 26.6. The van der Waals surface area contributed by atoms with Crippen molar-refractivity contribution in [3.8, 4) is 11.5 Å². The first-order chi connectivity index (χ1) is 20.8. The molecule has 0 N–H and O–H groups in total. The minimum Gasteiger partial charge on any atom is -0.872 e. The van der Waals surface area contributed by atoms with E-state index in [0.29, 0.717) is 0 Å². The zero-order valence-electron chi connectivity index (χ0n) is 26.9. The fraction of sp³-hybridized carbons (Fsp3) is 0.263. The molecule has 0 saturated carbocycles. The van der Waals surface area contributed by atoms with E-state index in [2.05, 4.69) is 119 Å². The van der Waals surface area contributed by atoms with Gasteiger partial charge in [-0.1, -0.05) is 54.1 Å². The number of rotatable bonds is 3. The molecule has 4 aromatic carbocycles. The average molecular weight is 809 g/mol. The van der Waals surface area contributed by atoms with Gasteiger partial charge in [0.2, 0.25) is 0 Å². The van der Waals surface area contributed by atoms with Crippen LogP contribution in [0.25, 0.3) is 12.2 Å². The van der Waals surface area contributed by atoms with Crippen LogP contribution in [0, 0.1) is 27.7 Å². The van der Waals surface area contributed by atoms with Crippen LogP contribution in [-0.4, -0.2) is 5.92 Å². The molecule has 44 heavy (non-hydrogen) atoms. The maximum Gasteiger partial charge on any atom is 0.0180 e. The summed E-state index contributed by atoms with van der Waals surface area (Å²) in [6.45, 7) is 17.3. The number of aryl methyl sites for hydroxylation is 4. The predicted octanol–water partition coefficient (Wildman–Crippen LogP) is 10.2. The number of halogens is 2. The van der Waals surface area contributed by atoms with Crippen molar-refractivity contribution in [2.45, 2.75) is 61.9 Å². The van der Waals surface area contributed by atoms with Crippen molar-refractivity contribution in [1.82, 2.24) is 0 Å². The van der Waals surface area contributed by atoms with E-state index in [9.17, 15) is 10.2 Å². The van der Waals surface area contributed by atoms with Crippen LogP contribution in [0.4, 0.5) is 0 Å². The third-order valence-electron chi connectivity index (χ3n) is 8.47. The Balaban J connectivity index is 0.000000182. The number of benzene rings is 4. The average Bonchev–Trinajstić information content (AvgIpc) is 3.47. The van der Waals surface area contributed by atoms with Crippen LogP contribution >= 0.6 is 31.9 Å². The normalized spacial score (nSPS) is 16.2. The van der Waals surface area contributed by atoms with Gasteiger partial charge >= 0.3 is 155 Å². The molecule has 0 heterocycles. The Labute approximate surface area is 289 Å². The summed E-state index contributed by atoms with van der Waals surface area (Å²) < 4.78 is 3.52. The molecule has 2 unspecified atom stereocenters. The molecule has 2 aliphatic rings. The second-order valence-electron chi connectivity index (χ2n) is 12.3. The quantitative estimate of drug-likeness (QED) is 0.194. The van der Waals surface area contributed by atoms with Crippen molar-refractivity contribution in [1.29, 1.82) is 0 Å². The van der Waals surface area contributed by atoms with E-state index in [0.717, 1.165) is 38.5 Å². The summed E-state index contributed by atoms with van der Waals surface area (Å²) in [4.78, 5) is 0.